The molecule has 4 N–H and O–H groups in total. The standard InChI is InChI=1S/C25H33N3O3S/c1-3-31-22-13-9-20(10-14-22)25-24(8-6-4-5-7-17-26)19(2)18-28(25)21-11-15-23(16-12-21)32(27,29)30/h9-16,18H,3-8,17,26H2,1-2H3,(H2,27,29,30). The highest BCUT2D eigenvalue weighted by molar-refractivity contribution is 7.89. The van der Waals surface area contributed by atoms with E-state index in [0.717, 1.165) is 61.3 Å². The first-order valence-electron chi connectivity index (χ1n) is 11.1. The Morgan fingerprint density at radius 1 is 0.938 bits per heavy atom. The maximum atomic E-state index is 11.7. The molecule has 0 amide bonds. The average molecular weight is 456 g/mol. The van der Waals surface area contributed by atoms with E-state index in [2.05, 4.69) is 29.8 Å². The van der Waals surface area contributed by atoms with Crippen LogP contribution in [0.4, 0.5) is 0 Å². The third-order valence-corrected chi connectivity index (χ3v) is 6.52. The van der Waals surface area contributed by atoms with Gasteiger partial charge in [0.25, 0.3) is 0 Å². The van der Waals surface area contributed by atoms with Crippen molar-refractivity contribution in [2.75, 3.05) is 13.2 Å². The molecule has 32 heavy (non-hydrogen) atoms. The van der Waals surface area contributed by atoms with Crippen LogP contribution in [0, 0.1) is 6.92 Å². The van der Waals surface area contributed by atoms with E-state index < -0.39 is 10.0 Å². The topological polar surface area (TPSA) is 100 Å². The Labute approximate surface area is 191 Å². The van der Waals surface area contributed by atoms with Gasteiger partial charge in [0, 0.05) is 11.9 Å². The van der Waals surface area contributed by atoms with E-state index in [1.54, 1.807) is 24.3 Å². The summed E-state index contributed by atoms with van der Waals surface area (Å²) in [6.07, 6.45) is 7.53. The smallest absolute Gasteiger partial charge is 0.238 e. The van der Waals surface area contributed by atoms with Gasteiger partial charge in [0.15, 0.2) is 0 Å². The predicted molar refractivity (Wildman–Crippen MR) is 130 cm³/mol. The summed E-state index contributed by atoms with van der Waals surface area (Å²) >= 11 is 0. The maximum absolute atomic E-state index is 11.7. The molecular weight excluding hydrogens is 422 g/mol. The number of hydrogen-bond donors (Lipinski definition) is 2. The van der Waals surface area contributed by atoms with Crippen molar-refractivity contribution >= 4 is 10.0 Å². The summed E-state index contributed by atoms with van der Waals surface area (Å²) < 4.78 is 31.1. The number of primary sulfonamides is 1. The zero-order valence-electron chi connectivity index (χ0n) is 18.9. The first-order valence-corrected chi connectivity index (χ1v) is 12.7. The minimum absolute atomic E-state index is 0.105. The fourth-order valence-electron chi connectivity index (χ4n) is 3.97. The number of aromatic nitrogens is 1. The number of rotatable bonds is 11. The van der Waals surface area contributed by atoms with E-state index in [0.29, 0.717) is 6.61 Å². The Morgan fingerprint density at radius 3 is 2.19 bits per heavy atom. The zero-order valence-corrected chi connectivity index (χ0v) is 19.7. The number of unbranched alkanes of at least 4 members (excludes halogenated alkanes) is 3. The van der Waals surface area contributed by atoms with Gasteiger partial charge >= 0.3 is 0 Å². The molecule has 0 aliphatic heterocycles. The highest BCUT2D eigenvalue weighted by atomic mass is 32.2. The summed E-state index contributed by atoms with van der Waals surface area (Å²) in [7, 11) is -3.73. The fraction of sp³-hybridized carbons (Fsp3) is 0.360. The van der Waals surface area contributed by atoms with Crippen LogP contribution in [-0.2, 0) is 16.4 Å². The van der Waals surface area contributed by atoms with Crippen LogP contribution in [0.15, 0.2) is 59.6 Å². The molecule has 0 spiro atoms. The van der Waals surface area contributed by atoms with Crippen LogP contribution in [0.25, 0.3) is 16.9 Å². The molecule has 0 atom stereocenters. The molecule has 0 radical (unpaired) electrons. The fourth-order valence-corrected chi connectivity index (χ4v) is 4.49. The summed E-state index contributed by atoms with van der Waals surface area (Å²) in [5.74, 6) is 0.840. The predicted octanol–water partition coefficient (Wildman–Crippen LogP) is 4.56. The summed E-state index contributed by atoms with van der Waals surface area (Å²) in [6.45, 7) is 5.46. The highest BCUT2D eigenvalue weighted by Gasteiger charge is 2.17. The molecule has 3 rings (SSSR count). The lowest BCUT2D eigenvalue weighted by Crippen LogP contribution is -2.12. The normalized spacial score (nSPS) is 11.6. The molecule has 1 heterocycles. The third-order valence-electron chi connectivity index (χ3n) is 5.59. The lowest BCUT2D eigenvalue weighted by molar-refractivity contribution is 0.340. The quantitative estimate of drug-likeness (QED) is 0.414. The van der Waals surface area contributed by atoms with Crippen molar-refractivity contribution in [2.45, 2.75) is 50.8 Å². The monoisotopic (exact) mass is 455 g/mol. The van der Waals surface area contributed by atoms with Gasteiger partial charge in [0.2, 0.25) is 10.0 Å². The molecule has 0 unspecified atom stereocenters. The van der Waals surface area contributed by atoms with Crippen molar-refractivity contribution in [3.63, 3.8) is 0 Å². The number of sulfonamides is 1. The molecule has 172 valence electrons. The van der Waals surface area contributed by atoms with Crippen molar-refractivity contribution < 1.29 is 13.2 Å². The van der Waals surface area contributed by atoms with Crippen LogP contribution < -0.4 is 15.6 Å². The lowest BCUT2D eigenvalue weighted by Gasteiger charge is -2.14. The molecule has 1 aromatic heterocycles. The lowest BCUT2D eigenvalue weighted by atomic mass is 9.99. The molecule has 0 fully saturated rings. The summed E-state index contributed by atoms with van der Waals surface area (Å²) in [5, 5.41) is 5.27. The van der Waals surface area contributed by atoms with E-state index in [4.69, 9.17) is 15.6 Å². The largest absolute Gasteiger partial charge is 0.494 e. The van der Waals surface area contributed by atoms with Crippen LogP contribution in [0.1, 0.15) is 43.7 Å². The number of nitrogens with two attached hydrogens (primary N) is 2. The first kappa shape index (κ1) is 24.0. The molecule has 0 aliphatic carbocycles. The van der Waals surface area contributed by atoms with Gasteiger partial charge in [-0.05, 0) is 105 Å². The van der Waals surface area contributed by atoms with Gasteiger partial charge in [0.1, 0.15) is 5.75 Å². The summed E-state index contributed by atoms with van der Waals surface area (Å²) in [5.41, 5.74) is 11.2. The average Bonchev–Trinajstić information content (AvgIpc) is 3.10. The van der Waals surface area contributed by atoms with Gasteiger partial charge in [-0.15, -0.1) is 0 Å². The van der Waals surface area contributed by atoms with Crippen molar-refractivity contribution in [3.05, 3.63) is 65.9 Å². The highest BCUT2D eigenvalue weighted by Crippen LogP contribution is 2.33. The third kappa shape index (κ3) is 5.79. The van der Waals surface area contributed by atoms with Gasteiger partial charge in [0.05, 0.1) is 17.2 Å². The zero-order chi connectivity index (χ0) is 23.1. The van der Waals surface area contributed by atoms with Crippen molar-refractivity contribution in [3.8, 4) is 22.7 Å². The Hall–Kier alpha value is -2.61. The van der Waals surface area contributed by atoms with Gasteiger partial charge in [-0.1, -0.05) is 12.8 Å². The molecule has 0 saturated carbocycles. The number of hydrogen-bond acceptors (Lipinski definition) is 4. The second-order valence-electron chi connectivity index (χ2n) is 7.96. The number of aryl methyl sites for hydroxylation is 1. The summed E-state index contributed by atoms with van der Waals surface area (Å²) in [4.78, 5) is 0.105. The molecule has 0 aliphatic rings. The molecule has 6 nitrogen and oxygen atoms in total. The first-order chi connectivity index (χ1) is 15.3. The van der Waals surface area contributed by atoms with E-state index in [9.17, 15) is 8.42 Å². The van der Waals surface area contributed by atoms with Gasteiger partial charge in [-0.2, -0.15) is 0 Å². The van der Waals surface area contributed by atoms with E-state index in [-0.39, 0.29) is 4.90 Å². The Bertz CT molecular complexity index is 1120. The Balaban J connectivity index is 2.01. The number of benzene rings is 2. The van der Waals surface area contributed by atoms with E-state index >= 15 is 0 Å². The molecule has 3 aromatic rings. The van der Waals surface area contributed by atoms with Crippen LogP contribution in [0.2, 0.25) is 0 Å². The summed E-state index contributed by atoms with van der Waals surface area (Å²) in [6, 6.07) is 14.8. The molecule has 0 saturated heterocycles. The van der Waals surface area contributed by atoms with Gasteiger partial charge in [-0.25, -0.2) is 13.6 Å². The van der Waals surface area contributed by atoms with Crippen LogP contribution in [0.5, 0.6) is 5.75 Å². The SMILES string of the molecule is CCOc1ccc(-c2c(CCCCCCN)c(C)cn2-c2ccc(S(N)(=O)=O)cc2)cc1. The van der Waals surface area contributed by atoms with Crippen LogP contribution in [-0.4, -0.2) is 26.1 Å². The maximum Gasteiger partial charge on any atom is 0.238 e. The molecule has 7 heteroatoms. The second kappa shape index (κ2) is 10.8. The molecule has 2 aromatic carbocycles. The minimum Gasteiger partial charge on any atom is -0.494 e. The Kier molecular flexibility index (Phi) is 8.12. The van der Waals surface area contributed by atoms with E-state index in [1.807, 2.05) is 19.1 Å². The number of ether oxygens (including phenoxy) is 1. The van der Waals surface area contributed by atoms with E-state index in [1.165, 1.54) is 11.1 Å². The van der Waals surface area contributed by atoms with Gasteiger partial charge < -0.3 is 15.0 Å². The molecule has 0 bridgehead atoms. The van der Waals surface area contributed by atoms with Gasteiger partial charge in [-0.3, -0.25) is 0 Å². The second-order valence-corrected chi connectivity index (χ2v) is 9.52. The Morgan fingerprint density at radius 2 is 1.59 bits per heavy atom. The van der Waals surface area contributed by atoms with Crippen molar-refractivity contribution in [2.24, 2.45) is 10.9 Å². The van der Waals surface area contributed by atoms with Crippen LogP contribution >= 0.6 is 0 Å². The van der Waals surface area contributed by atoms with Crippen LogP contribution in [0.3, 0.4) is 0 Å². The van der Waals surface area contributed by atoms with Crippen molar-refractivity contribution in [1.82, 2.24) is 4.57 Å². The molecular formula is C25H33N3O3S. The minimum atomic E-state index is -3.73. The van der Waals surface area contributed by atoms with Crippen molar-refractivity contribution in [1.29, 1.82) is 0 Å². The number of nitrogens with zero attached hydrogens (tertiary/aromatic N) is 1.